The molecule has 24 heavy (non-hydrogen) atoms. The largest absolute Gasteiger partial charge is 0.379 e. The molecular weight excluding hydrogens is 324 g/mol. The number of aromatic nitrogens is 1. The number of aryl methyl sites for hydroxylation is 1. The van der Waals surface area contributed by atoms with E-state index < -0.39 is 4.92 Å². The van der Waals surface area contributed by atoms with Gasteiger partial charge in [0.2, 0.25) is 0 Å². The van der Waals surface area contributed by atoms with E-state index in [-0.39, 0.29) is 5.69 Å². The summed E-state index contributed by atoms with van der Waals surface area (Å²) in [5, 5.41) is 24.1. The number of hydrogen-bond donors (Lipinski definition) is 1. The zero-order valence-electron chi connectivity index (χ0n) is 12.7. The van der Waals surface area contributed by atoms with Gasteiger partial charge in [-0.1, -0.05) is 12.1 Å². The first kappa shape index (κ1) is 15.9. The van der Waals surface area contributed by atoms with Crippen LogP contribution in [-0.2, 0) is 6.42 Å². The number of thiazole rings is 1. The maximum absolute atomic E-state index is 11.0. The van der Waals surface area contributed by atoms with Crippen LogP contribution in [0.2, 0.25) is 0 Å². The fourth-order valence-electron chi connectivity index (χ4n) is 2.40. The van der Waals surface area contributed by atoms with Gasteiger partial charge in [-0.2, -0.15) is 5.26 Å². The quantitative estimate of drug-likeness (QED) is 0.414. The Morgan fingerprint density at radius 1 is 1.29 bits per heavy atom. The summed E-state index contributed by atoms with van der Waals surface area (Å²) in [5.74, 6) is 0. The average Bonchev–Trinajstić information content (AvgIpc) is 3.01. The molecule has 0 aliphatic heterocycles. The monoisotopic (exact) mass is 338 g/mol. The van der Waals surface area contributed by atoms with Crippen molar-refractivity contribution < 1.29 is 4.92 Å². The molecular formula is C17H14N4O2S. The molecule has 0 aliphatic carbocycles. The third kappa shape index (κ3) is 3.50. The molecule has 0 radical (unpaired) electrons. The van der Waals surface area contributed by atoms with E-state index in [1.54, 1.807) is 11.3 Å². The molecule has 0 unspecified atom stereocenters. The minimum atomic E-state index is -0.447. The summed E-state index contributed by atoms with van der Waals surface area (Å²) in [7, 11) is 0. The molecule has 6 nitrogen and oxygen atoms in total. The third-order valence-electron chi connectivity index (χ3n) is 3.54. The molecule has 3 aromatic rings. The minimum absolute atomic E-state index is 0.0195. The predicted octanol–water partition coefficient (Wildman–Crippen LogP) is 4.12. The van der Waals surface area contributed by atoms with E-state index in [1.807, 2.05) is 30.3 Å². The summed E-state index contributed by atoms with van der Waals surface area (Å²) in [6.45, 7) is 0.575. The second-order valence-electron chi connectivity index (χ2n) is 5.21. The minimum Gasteiger partial charge on any atom is -0.379 e. The van der Waals surface area contributed by atoms with E-state index in [0.29, 0.717) is 17.8 Å². The lowest BCUT2D eigenvalue weighted by atomic mass is 10.2. The number of fused-ring (bicyclic) bond motifs is 1. The van der Waals surface area contributed by atoms with Crippen LogP contribution in [0.4, 0.5) is 11.4 Å². The van der Waals surface area contributed by atoms with Crippen molar-refractivity contribution in [3.05, 3.63) is 63.1 Å². The van der Waals surface area contributed by atoms with Gasteiger partial charge in [0.1, 0.15) is 5.69 Å². The number of rotatable bonds is 6. The van der Waals surface area contributed by atoms with Gasteiger partial charge in [0.05, 0.1) is 31.8 Å². The van der Waals surface area contributed by atoms with Crippen molar-refractivity contribution >= 4 is 32.9 Å². The number of nitrogens with one attached hydrogen (secondary N) is 1. The molecule has 0 atom stereocenters. The number of nitriles is 1. The van der Waals surface area contributed by atoms with Crippen LogP contribution in [0, 0.1) is 21.4 Å². The van der Waals surface area contributed by atoms with Crippen LogP contribution < -0.4 is 5.32 Å². The van der Waals surface area contributed by atoms with Crippen molar-refractivity contribution in [1.29, 1.82) is 5.26 Å². The summed E-state index contributed by atoms with van der Waals surface area (Å²) in [6.07, 6.45) is 1.60. The van der Waals surface area contributed by atoms with Crippen LogP contribution in [0.25, 0.3) is 10.2 Å². The first-order valence-corrected chi connectivity index (χ1v) is 8.26. The van der Waals surface area contributed by atoms with E-state index >= 15 is 0 Å². The van der Waals surface area contributed by atoms with Crippen LogP contribution in [0.3, 0.4) is 0 Å². The molecule has 0 bridgehead atoms. The number of nitro groups is 1. The Morgan fingerprint density at radius 3 is 2.88 bits per heavy atom. The standard InChI is InChI=1S/C17H14N4O2S/c18-11-12-7-8-15(21(22)23)14(10-12)19-9-3-6-17-20-13-4-1-2-5-16(13)24-17/h1-2,4-5,7-8,10,19H,3,6,9H2. The van der Waals surface area contributed by atoms with Gasteiger partial charge in [-0.3, -0.25) is 10.1 Å². The Labute approximate surface area is 142 Å². The molecule has 120 valence electrons. The Bertz CT molecular complexity index is 897. The lowest BCUT2D eigenvalue weighted by molar-refractivity contribution is -0.384. The van der Waals surface area contributed by atoms with Crippen molar-refractivity contribution in [2.75, 3.05) is 11.9 Å². The Morgan fingerprint density at radius 2 is 2.12 bits per heavy atom. The van der Waals surface area contributed by atoms with Crippen LogP contribution in [0.5, 0.6) is 0 Å². The summed E-state index contributed by atoms with van der Waals surface area (Å²) >= 11 is 1.67. The van der Waals surface area contributed by atoms with Gasteiger partial charge in [0.25, 0.3) is 5.69 Å². The SMILES string of the molecule is N#Cc1ccc([N+](=O)[O-])c(NCCCc2nc3ccccc3s2)c1. The highest BCUT2D eigenvalue weighted by Gasteiger charge is 2.13. The first-order valence-electron chi connectivity index (χ1n) is 7.44. The molecule has 3 rings (SSSR count). The Balaban J connectivity index is 1.62. The topological polar surface area (TPSA) is 91.8 Å². The molecule has 0 amide bonds. The second-order valence-corrected chi connectivity index (χ2v) is 6.32. The number of para-hydroxylation sites is 1. The van der Waals surface area contributed by atoms with Gasteiger partial charge in [-0.15, -0.1) is 11.3 Å². The van der Waals surface area contributed by atoms with Crippen molar-refractivity contribution in [2.45, 2.75) is 12.8 Å². The van der Waals surface area contributed by atoms with Crippen molar-refractivity contribution in [3.63, 3.8) is 0 Å². The van der Waals surface area contributed by atoms with E-state index in [4.69, 9.17) is 5.26 Å². The third-order valence-corrected chi connectivity index (χ3v) is 4.64. The molecule has 1 aromatic heterocycles. The van der Waals surface area contributed by atoms with Crippen molar-refractivity contribution in [2.24, 2.45) is 0 Å². The first-order chi connectivity index (χ1) is 11.7. The van der Waals surface area contributed by atoms with Gasteiger partial charge < -0.3 is 5.32 Å². The van der Waals surface area contributed by atoms with Crippen LogP contribution in [-0.4, -0.2) is 16.5 Å². The number of anilines is 1. The fraction of sp³-hybridized carbons (Fsp3) is 0.176. The molecule has 1 N–H and O–H groups in total. The van der Waals surface area contributed by atoms with Gasteiger partial charge in [0, 0.05) is 19.0 Å². The Hall–Kier alpha value is -2.98. The highest BCUT2D eigenvalue weighted by Crippen LogP contribution is 2.26. The van der Waals surface area contributed by atoms with E-state index in [1.165, 1.54) is 18.2 Å². The van der Waals surface area contributed by atoms with Gasteiger partial charge >= 0.3 is 0 Å². The number of benzene rings is 2. The van der Waals surface area contributed by atoms with Crippen molar-refractivity contribution in [1.82, 2.24) is 4.98 Å². The summed E-state index contributed by atoms with van der Waals surface area (Å²) in [4.78, 5) is 15.2. The lowest BCUT2D eigenvalue weighted by Gasteiger charge is -2.06. The number of hydrogen-bond acceptors (Lipinski definition) is 6. The fourth-order valence-corrected chi connectivity index (χ4v) is 3.41. The molecule has 0 fully saturated rings. The van der Waals surface area contributed by atoms with Crippen LogP contribution >= 0.6 is 11.3 Å². The van der Waals surface area contributed by atoms with E-state index in [0.717, 1.165) is 28.1 Å². The highest BCUT2D eigenvalue weighted by molar-refractivity contribution is 7.18. The van der Waals surface area contributed by atoms with Crippen LogP contribution in [0.15, 0.2) is 42.5 Å². The smallest absolute Gasteiger partial charge is 0.292 e. The van der Waals surface area contributed by atoms with Crippen LogP contribution in [0.1, 0.15) is 17.0 Å². The van der Waals surface area contributed by atoms with E-state index in [9.17, 15) is 10.1 Å². The maximum atomic E-state index is 11.0. The van der Waals surface area contributed by atoms with Gasteiger partial charge in [-0.05, 0) is 30.7 Å². The zero-order valence-corrected chi connectivity index (χ0v) is 13.5. The highest BCUT2D eigenvalue weighted by atomic mass is 32.1. The van der Waals surface area contributed by atoms with Gasteiger partial charge in [-0.25, -0.2) is 4.98 Å². The summed E-state index contributed by atoms with van der Waals surface area (Å²) in [6, 6.07) is 14.3. The molecule has 1 heterocycles. The summed E-state index contributed by atoms with van der Waals surface area (Å²) < 4.78 is 1.16. The van der Waals surface area contributed by atoms with Crippen molar-refractivity contribution in [3.8, 4) is 6.07 Å². The lowest BCUT2D eigenvalue weighted by Crippen LogP contribution is -2.05. The predicted molar refractivity (Wildman–Crippen MR) is 94.2 cm³/mol. The normalized spacial score (nSPS) is 10.5. The molecule has 0 spiro atoms. The second kappa shape index (κ2) is 7.06. The zero-order chi connectivity index (χ0) is 16.9. The molecule has 0 aliphatic rings. The summed E-state index contributed by atoms with van der Waals surface area (Å²) in [5.41, 5.74) is 1.76. The Kier molecular flexibility index (Phi) is 4.68. The molecule has 0 saturated carbocycles. The number of nitro benzene ring substituents is 1. The van der Waals surface area contributed by atoms with E-state index in [2.05, 4.69) is 10.3 Å². The number of nitrogens with zero attached hydrogens (tertiary/aromatic N) is 3. The maximum Gasteiger partial charge on any atom is 0.292 e. The molecule has 2 aromatic carbocycles. The molecule has 0 saturated heterocycles. The average molecular weight is 338 g/mol. The molecule has 7 heteroatoms. The van der Waals surface area contributed by atoms with Gasteiger partial charge in [0.15, 0.2) is 0 Å².